The Bertz CT molecular complexity index is 240. The van der Waals surface area contributed by atoms with Crippen LogP contribution in [0.15, 0.2) is 0 Å². The van der Waals surface area contributed by atoms with Crippen LogP contribution in [-0.4, -0.2) is 36.5 Å². The van der Waals surface area contributed by atoms with E-state index < -0.39 is 0 Å². The van der Waals surface area contributed by atoms with Crippen molar-refractivity contribution in [2.75, 3.05) is 19.6 Å². The van der Waals surface area contributed by atoms with Gasteiger partial charge < -0.3 is 10.2 Å². The van der Waals surface area contributed by atoms with Gasteiger partial charge in [0.1, 0.15) is 0 Å². The molecule has 0 saturated carbocycles. The van der Waals surface area contributed by atoms with Gasteiger partial charge in [0.05, 0.1) is 0 Å². The maximum atomic E-state index is 11.1. The van der Waals surface area contributed by atoms with Crippen LogP contribution in [0, 0.1) is 11.8 Å². The second-order valence-corrected chi connectivity index (χ2v) is 6.03. The van der Waals surface area contributed by atoms with Crippen LogP contribution in [0.4, 0.5) is 0 Å². The molecule has 1 saturated heterocycles. The van der Waals surface area contributed by atoms with E-state index in [4.69, 9.17) is 0 Å². The van der Waals surface area contributed by atoms with Gasteiger partial charge in [0, 0.05) is 26.1 Å². The summed E-state index contributed by atoms with van der Waals surface area (Å²) in [6, 6.07) is 0.368. The Morgan fingerprint density at radius 1 is 1.41 bits per heavy atom. The number of hydrogen-bond acceptors (Lipinski definition) is 2. The van der Waals surface area contributed by atoms with Crippen molar-refractivity contribution in [2.45, 2.75) is 53.0 Å². The number of amides is 1. The maximum Gasteiger partial charge on any atom is 0.217 e. The van der Waals surface area contributed by atoms with E-state index in [9.17, 15) is 4.79 Å². The molecule has 0 aromatic rings. The van der Waals surface area contributed by atoms with Gasteiger partial charge in [0.25, 0.3) is 0 Å². The molecule has 0 aliphatic carbocycles. The molecule has 0 unspecified atom stereocenters. The minimum absolute atomic E-state index is 0.104. The first-order valence-electron chi connectivity index (χ1n) is 6.96. The quantitative estimate of drug-likeness (QED) is 0.799. The SMILES string of the molecule is CC(=O)N[C@H]1CCCN(C[C@H](C)CC(C)C)C1. The van der Waals surface area contributed by atoms with E-state index in [0.29, 0.717) is 6.04 Å². The van der Waals surface area contributed by atoms with Crippen LogP contribution in [0.2, 0.25) is 0 Å². The zero-order chi connectivity index (χ0) is 12.8. The average molecular weight is 240 g/mol. The molecule has 2 atom stereocenters. The highest BCUT2D eigenvalue weighted by Gasteiger charge is 2.21. The summed E-state index contributed by atoms with van der Waals surface area (Å²) in [6.07, 6.45) is 3.63. The van der Waals surface area contributed by atoms with Gasteiger partial charge in [-0.05, 0) is 37.6 Å². The van der Waals surface area contributed by atoms with Crippen molar-refractivity contribution >= 4 is 5.91 Å². The maximum absolute atomic E-state index is 11.1. The molecule has 0 radical (unpaired) electrons. The Kier molecular flexibility index (Phi) is 5.96. The fourth-order valence-corrected chi connectivity index (χ4v) is 2.95. The molecule has 1 aliphatic heterocycles. The molecule has 1 aliphatic rings. The van der Waals surface area contributed by atoms with Gasteiger partial charge in [0.15, 0.2) is 0 Å². The molecule has 1 heterocycles. The van der Waals surface area contributed by atoms with Crippen molar-refractivity contribution in [3.63, 3.8) is 0 Å². The highest BCUT2D eigenvalue weighted by molar-refractivity contribution is 5.73. The lowest BCUT2D eigenvalue weighted by atomic mass is 9.97. The summed E-state index contributed by atoms with van der Waals surface area (Å²) in [7, 11) is 0. The third kappa shape index (κ3) is 6.06. The van der Waals surface area contributed by atoms with Gasteiger partial charge in [-0.3, -0.25) is 4.79 Å². The summed E-state index contributed by atoms with van der Waals surface area (Å²) >= 11 is 0. The van der Waals surface area contributed by atoms with Crippen molar-refractivity contribution in [2.24, 2.45) is 11.8 Å². The zero-order valence-corrected chi connectivity index (χ0v) is 11.8. The molecule has 1 N–H and O–H groups in total. The number of piperidine rings is 1. The van der Waals surface area contributed by atoms with Crippen molar-refractivity contribution < 1.29 is 4.79 Å². The van der Waals surface area contributed by atoms with Gasteiger partial charge in [-0.1, -0.05) is 20.8 Å². The number of likely N-dealkylation sites (tertiary alicyclic amines) is 1. The minimum atomic E-state index is 0.104. The van der Waals surface area contributed by atoms with E-state index in [1.54, 1.807) is 6.92 Å². The first-order chi connectivity index (χ1) is 7.97. The zero-order valence-electron chi connectivity index (χ0n) is 11.8. The van der Waals surface area contributed by atoms with Crippen molar-refractivity contribution in [1.82, 2.24) is 10.2 Å². The fraction of sp³-hybridized carbons (Fsp3) is 0.929. The number of nitrogens with one attached hydrogen (secondary N) is 1. The van der Waals surface area contributed by atoms with E-state index in [0.717, 1.165) is 24.8 Å². The highest BCUT2D eigenvalue weighted by Crippen LogP contribution is 2.16. The predicted octanol–water partition coefficient (Wildman–Crippen LogP) is 2.27. The van der Waals surface area contributed by atoms with Crippen LogP contribution < -0.4 is 5.32 Å². The Hall–Kier alpha value is -0.570. The van der Waals surface area contributed by atoms with Crippen LogP contribution in [0.5, 0.6) is 0 Å². The van der Waals surface area contributed by atoms with Crippen LogP contribution >= 0.6 is 0 Å². The van der Waals surface area contributed by atoms with Crippen LogP contribution in [0.1, 0.15) is 47.0 Å². The highest BCUT2D eigenvalue weighted by atomic mass is 16.1. The lowest BCUT2D eigenvalue weighted by Crippen LogP contribution is -2.48. The Labute approximate surface area is 106 Å². The third-order valence-corrected chi connectivity index (χ3v) is 3.36. The molecule has 0 spiro atoms. The van der Waals surface area contributed by atoms with E-state index >= 15 is 0 Å². The van der Waals surface area contributed by atoms with Crippen LogP contribution in [0.25, 0.3) is 0 Å². The summed E-state index contributed by atoms with van der Waals surface area (Å²) in [5, 5.41) is 3.05. The van der Waals surface area contributed by atoms with Crippen LogP contribution in [0.3, 0.4) is 0 Å². The number of rotatable bonds is 5. The average Bonchev–Trinajstić information content (AvgIpc) is 2.14. The summed E-state index contributed by atoms with van der Waals surface area (Å²) in [4.78, 5) is 13.6. The smallest absolute Gasteiger partial charge is 0.217 e. The second-order valence-electron chi connectivity index (χ2n) is 6.03. The van der Waals surface area contributed by atoms with E-state index in [2.05, 4.69) is 31.0 Å². The minimum Gasteiger partial charge on any atom is -0.352 e. The monoisotopic (exact) mass is 240 g/mol. The van der Waals surface area contributed by atoms with Crippen molar-refractivity contribution in [3.8, 4) is 0 Å². The molecule has 17 heavy (non-hydrogen) atoms. The first kappa shape index (κ1) is 14.5. The topological polar surface area (TPSA) is 32.3 Å². The summed E-state index contributed by atoms with van der Waals surface area (Å²) in [5.74, 6) is 1.64. The van der Waals surface area contributed by atoms with Gasteiger partial charge in [-0.25, -0.2) is 0 Å². The lowest BCUT2D eigenvalue weighted by molar-refractivity contribution is -0.120. The molecule has 1 rings (SSSR count). The van der Waals surface area contributed by atoms with Gasteiger partial charge in [-0.15, -0.1) is 0 Å². The second kappa shape index (κ2) is 7.00. The molecule has 0 bridgehead atoms. The molecule has 1 fully saturated rings. The Morgan fingerprint density at radius 2 is 2.12 bits per heavy atom. The van der Waals surface area contributed by atoms with E-state index in [1.807, 2.05) is 0 Å². The molecule has 3 nitrogen and oxygen atoms in total. The number of carbonyl (C=O) groups excluding carboxylic acids is 1. The lowest BCUT2D eigenvalue weighted by Gasteiger charge is -2.34. The molecule has 100 valence electrons. The van der Waals surface area contributed by atoms with Crippen LogP contribution in [-0.2, 0) is 4.79 Å². The van der Waals surface area contributed by atoms with Crippen molar-refractivity contribution in [1.29, 1.82) is 0 Å². The summed E-state index contributed by atoms with van der Waals surface area (Å²) in [5.41, 5.74) is 0. The van der Waals surface area contributed by atoms with Crippen molar-refractivity contribution in [3.05, 3.63) is 0 Å². The molecule has 3 heteroatoms. The Balaban J connectivity index is 2.31. The van der Waals surface area contributed by atoms with Gasteiger partial charge in [0.2, 0.25) is 5.91 Å². The normalized spacial score (nSPS) is 23.7. The molecule has 0 aromatic carbocycles. The number of hydrogen-bond donors (Lipinski definition) is 1. The molecule has 1 amide bonds. The fourth-order valence-electron chi connectivity index (χ4n) is 2.95. The third-order valence-electron chi connectivity index (χ3n) is 3.36. The van der Waals surface area contributed by atoms with Gasteiger partial charge >= 0.3 is 0 Å². The molecule has 0 aromatic heterocycles. The predicted molar refractivity (Wildman–Crippen MR) is 71.9 cm³/mol. The first-order valence-corrected chi connectivity index (χ1v) is 6.96. The largest absolute Gasteiger partial charge is 0.352 e. The summed E-state index contributed by atoms with van der Waals surface area (Å²) in [6.45, 7) is 11.9. The molecular formula is C14H28N2O. The van der Waals surface area contributed by atoms with E-state index in [-0.39, 0.29) is 5.91 Å². The standard InChI is InChI=1S/C14H28N2O/c1-11(2)8-12(3)9-16-7-5-6-14(10-16)15-13(4)17/h11-12,14H,5-10H2,1-4H3,(H,15,17)/t12-,14+/m1/s1. The van der Waals surface area contributed by atoms with E-state index in [1.165, 1.54) is 25.9 Å². The Morgan fingerprint density at radius 3 is 2.71 bits per heavy atom. The number of nitrogens with zero attached hydrogens (tertiary/aromatic N) is 1. The molecular weight excluding hydrogens is 212 g/mol. The summed E-state index contributed by atoms with van der Waals surface area (Å²) < 4.78 is 0. The number of carbonyl (C=O) groups is 1. The van der Waals surface area contributed by atoms with Gasteiger partial charge in [-0.2, -0.15) is 0 Å².